The first-order chi connectivity index (χ1) is 17.9. The summed E-state index contributed by atoms with van der Waals surface area (Å²) in [5.41, 5.74) is 6.79. The topological polar surface area (TPSA) is 222 Å². The van der Waals surface area contributed by atoms with Gasteiger partial charge in [0.05, 0.1) is 37.2 Å². The van der Waals surface area contributed by atoms with E-state index in [4.69, 9.17) is 5.73 Å². The van der Waals surface area contributed by atoms with Crippen LogP contribution in [0, 0.1) is 11.3 Å². The Morgan fingerprint density at radius 1 is 1.16 bits per heavy atom. The van der Waals surface area contributed by atoms with E-state index in [0.29, 0.717) is 15.6 Å². The van der Waals surface area contributed by atoms with Gasteiger partial charge in [-0.15, -0.1) is 0 Å². The predicted molar refractivity (Wildman–Crippen MR) is 135 cm³/mol. The first-order valence-corrected chi connectivity index (χ1v) is 12.3. The van der Waals surface area contributed by atoms with Gasteiger partial charge in [0, 0.05) is 24.6 Å². The number of hydrogen-bond acceptors (Lipinski definition) is 11. The minimum atomic E-state index is -4.98. The van der Waals surface area contributed by atoms with Gasteiger partial charge >= 0.3 is 16.3 Å². The highest BCUT2D eigenvalue weighted by Gasteiger charge is 2.27. The fraction of sp³-hybridized carbons (Fsp3) is 0.217. The third-order valence-electron chi connectivity index (χ3n) is 5.12. The molecule has 14 nitrogen and oxygen atoms in total. The van der Waals surface area contributed by atoms with Crippen molar-refractivity contribution >= 4 is 39.6 Å². The fourth-order valence-corrected chi connectivity index (χ4v) is 3.93. The number of pyridine rings is 1. The van der Waals surface area contributed by atoms with Crippen molar-refractivity contribution in [2.45, 2.75) is 26.3 Å². The molecule has 0 fully saturated rings. The molecule has 198 valence electrons. The Kier molecular flexibility index (Phi) is 8.40. The van der Waals surface area contributed by atoms with Crippen LogP contribution in [0.25, 0.3) is 11.3 Å². The molecule has 5 N–H and O–H groups in total. The second-order valence-electron chi connectivity index (χ2n) is 7.83. The molecule has 15 heteroatoms. The number of aryl methyl sites for hydroxylation is 1. The number of nitriles is 1. The highest BCUT2D eigenvalue weighted by atomic mass is 32.2. The number of rotatable bonds is 9. The van der Waals surface area contributed by atoms with Crippen LogP contribution >= 0.6 is 0 Å². The van der Waals surface area contributed by atoms with E-state index in [1.807, 2.05) is 6.07 Å². The lowest BCUT2D eigenvalue weighted by atomic mass is 10.1. The standard InChI is InChI=1S/C23H23N7O7S/c1-13(31)26-15-5-3-14(4-6-15)21-17(11-24)22(25)29-23(28-21)30(38(34,35)36)12-16-7-9-19(32)18(27-16)8-10-20(33)37-2/h3-7,9,32H,8,10,12H2,1-2H3,(H,26,31)(H2,25,28,29)(H,34,35,36). The van der Waals surface area contributed by atoms with Gasteiger partial charge in [-0.2, -0.15) is 18.7 Å². The molecular weight excluding hydrogens is 518 g/mol. The number of aromatic hydroxyl groups is 1. The zero-order valence-corrected chi connectivity index (χ0v) is 21.1. The molecule has 0 bridgehead atoms. The summed E-state index contributed by atoms with van der Waals surface area (Å²) in [5.74, 6) is -1.93. The van der Waals surface area contributed by atoms with E-state index in [-0.39, 0.29) is 53.0 Å². The van der Waals surface area contributed by atoms with Gasteiger partial charge in [-0.05, 0) is 24.3 Å². The summed E-state index contributed by atoms with van der Waals surface area (Å²) in [6, 6.07) is 10.6. The molecule has 0 spiro atoms. The molecule has 1 aromatic carbocycles. The number of aromatic nitrogens is 3. The van der Waals surface area contributed by atoms with Gasteiger partial charge in [0.25, 0.3) is 0 Å². The number of hydrogen-bond donors (Lipinski definition) is 4. The summed E-state index contributed by atoms with van der Waals surface area (Å²) in [5, 5.41) is 22.3. The fourth-order valence-electron chi connectivity index (χ4n) is 3.35. The average molecular weight is 542 g/mol. The van der Waals surface area contributed by atoms with E-state index in [2.05, 4.69) is 25.0 Å². The number of amides is 1. The Balaban J connectivity index is 2.03. The molecule has 0 saturated carbocycles. The van der Waals surface area contributed by atoms with Crippen molar-refractivity contribution in [2.75, 3.05) is 22.5 Å². The van der Waals surface area contributed by atoms with Gasteiger partial charge in [-0.1, -0.05) is 12.1 Å². The number of nitrogens with two attached hydrogens (primary N) is 1. The van der Waals surface area contributed by atoms with E-state index >= 15 is 0 Å². The number of ether oxygens (including phenoxy) is 1. The number of carbonyl (C=O) groups excluding carboxylic acids is 2. The van der Waals surface area contributed by atoms with Gasteiger partial charge in [0.1, 0.15) is 23.2 Å². The molecule has 0 aliphatic heterocycles. The number of methoxy groups -OCH3 is 1. The number of esters is 1. The van der Waals surface area contributed by atoms with Crippen molar-refractivity contribution in [1.29, 1.82) is 5.26 Å². The van der Waals surface area contributed by atoms with E-state index < -0.39 is 28.8 Å². The van der Waals surface area contributed by atoms with E-state index in [1.54, 1.807) is 12.1 Å². The van der Waals surface area contributed by atoms with Gasteiger partial charge < -0.3 is 20.9 Å². The third-order valence-corrected chi connectivity index (χ3v) is 5.97. The molecule has 3 aromatic rings. The number of anilines is 3. The molecule has 0 radical (unpaired) electrons. The van der Waals surface area contributed by atoms with Crippen LogP contribution in [0.3, 0.4) is 0 Å². The molecule has 1 amide bonds. The third kappa shape index (κ3) is 6.69. The molecule has 0 aliphatic carbocycles. The quantitative estimate of drug-likeness (QED) is 0.224. The van der Waals surface area contributed by atoms with Crippen LogP contribution in [0.15, 0.2) is 36.4 Å². The van der Waals surface area contributed by atoms with Crippen LogP contribution in [0.2, 0.25) is 0 Å². The zero-order chi connectivity index (χ0) is 28.0. The molecule has 38 heavy (non-hydrogen) atoms. The summed E-state index contributed by atoms with van der Waals surface area (Å²) in [4.78, 5) is 35.0. The molecule has 0 atom stereocenters. The summed E-state index contributed by atoms with van der Waals surface area (Å²) in [6.45, 7) is 0.768. The van der Waals surface area contributed by atoms with Crippen molar-refractivity contribution in [3.8, 4) is 23.1 Å². The van der Waals surface area contributed by atoms with Crippen LogP contribution in [0.1, 0.15) is 30.3 Å². The SMILES string of the molecule is COC(=O)CCc1nc(CN(c2nc(N)c(C#N)c(-c3ccc(NC(C)=O)cc3)n2)S(=O)(=O)O)ccc1O. The second kappa shape index (κ2) is 11.5. The van der Waals surface area contributed by atoms with Gasteiger partial charge in [-0.25, -0.2) is 9.29 Å². The van der Waals surface area contributed by atoms with Crippen molar-refractivity contribution in [2.24, 2.45) is 0 Å². The first-order valence-electron chi connectivity index (χ1n) is 10.9. The number of nitrogen functional groups attached to an aromatic ring is 1. The lowest BCUT2D eigenvalue weighted by molar-refractivity contribution is -0.140. The number of benzene rings is 1. The molecule has 0 aliphatic rings. The maximum absolute atomic E-state index is 12.3. The van der Waals surface area contributed by atoms with E-state index in [9.17, 15) is 32.9 Å². The monoisotopic (exact) mass is 541 g/mol. The van der Waals surface area contributed by atoms with E-state index in [1.165, 1.54) is 38.3 Å². The number of nitrogens with one attached hydrogen (secondary N) is 1. The zero-order valence-electron chi connectivity index (χ0n) is 20.2. The molecule has 2 aromatic heterocycles. The van der Waals surface area contributed by atoms with Crippen molar-refractivity contribution in [1.82, 2.24) is 15.0 Å². The number of carbonyl (C=O) groups is 2. The smallest absolute Gasteiger partial charge is 0.362 e. The Labute approximate surface area is 217 Å². The molecule has 2 heterocycles. The van der Waals surface area contributed by atoms with Crippen molar-refractivity contribution in [3.05, 3.63) is 53.3 Å². The summed E-state index contributed by atoms with van der Waals surface area (Å²) < 4.78 is 39.6. The Morgan fingerprint density at radius 2 is 1.84 bits per heavy atom. The van der Waals surface area contributed by atoms with Crippen LogP contribution in [0.5, 0.6) is 5.75 Å². The maximum atomic E-state index is 12.3. The maximum Gasteiger partial charge on any atom is 0.362 e. The van der Waals surface area contributed by atoms with E-state index in [0.717, 1.165) is 0 Å². The van der Waals surface area contributed by atoms with Crippen molar-refractivity contribution in [3.63, 3.8) is 0 Å². The lowest BCUT2D eigenvalue weighted by Gasteiger charge is -2.20. The average Bonchev–Trinajstić information content (AvgIpc) is 2.86. The highest BCUT2D eigenvalue weighted by molar-refractivity contribution is 7.87. The Bertz CT molecular complexity index is 1520. The van der Waals surface area contributed by atoms with Gasteiger partial charge in [0.15, 0.2) is 0 Å². The summed E-state index contributed by atoms with van der Waals surface area (Å²) >= 11 is 0. The van der Waals surface area contributed by atoms with Gasteiger partial charge in [0.2, 0.25) is 11.9 Å². The lowest BCUT2D eigenvalue weighted by Crippen LogP contribution is -2.32. The van der Waals surface area contributed by atoms with Crippen LogP contribution in [-0.4, -0.2) is 52.0 Å². The van der Waals surface area contributed by atoms with Crippen LogP contribution in [-0.2, 0) is 37.6 Å². The van der Waals surface area contributed by atoms with Crippen LogP contribution < -0.4 is 15.4 Å². The minimum Gasteiger partial charge on any atom is -0.506 e. The Morgan fingerprint density at radius 3 is 2.42 bits per heavy atom. The molecule has 0 unspecified atom stereocenters. The summed E-state index contributed by atoms with van der Waals surface area (Å²) in [7, 11) is -3.77. The first kappa shape index (κ1) is 27.8. The largest absolute Gasteiger partial charge is 0.506 e. The minimum absolute atomic E-state index is 0.0111. The highest BCUT2D eigenvalue weighted by Crippen LogP contribution is 2.29. The summed E-state index contributed by atoms with van der Waals surface area (Å²) in [6.07, 6.45) is -0.0704. The predicted octanol–water partition coefficient (Wildman–Crippen LogP) is 1.57. The molecule has 0 saturated heterocycles. The van der Waals surface area contributed by atoms with Crippen molar-refractivity contribution < 1.29 is 32.4 Å². The number of nitrogens with zero attached hydrogens (tertiary/aromatic N) is 5. The molecular formula is C23H23N7O7S. The second-order valence-corrected chi connectivity index (χ2v) is 9.17. The Hall–Kier alpha value is -4.81. The normalized spacial score (nSPS) is 10.9. The van der Waals surface area contributed by atoms with Crippen LogP contribution in [0.4, 0.5) is 17.5 Å². The van der Waals surface area contributed by atoms with Gasteiger partial charge in [-0.3, -0.25) is 19.1 Å². The molecule has 3 rings (SSSR count).